The molecular weight excluding hydrogens is 230 g/mol. The van der Waals surface area contributed by atoms with E-state index in [2.05, 4.69) is 25.8 Å². The molecule has 0 spiro atoms. The number of amides is 1. The summed E-state index contributed by atoms with van der Waals surface area (Å²) < 4.78 is 0. The number of H-pyrrole nitrogens is 1. The van der Waals surface area contributed by atoms with Gasteiger partial charge in [0.15, 0.2) is 0 Å². The van der Waals surface area contributed by atoms with Crippen molar-refractivity contribution in [3.05, 3.63) is 12.2 Å². The van der Waals surface area contributed by atoms with Gasteiger partial charge in [0.05, 0.1) is 0 Å². The van der Waals surface area contributed by atoms with Crippen LogP contribution >= 0.6 is 0 Å². The number of hydrogen-bond donors (Lipinski definition) is 3. The molecule has 18 heavy (non-hydrogen) atoms. The molecular formula is C12H21N5O. The van der Waals surface area contributed by atoms with E-state index in [-0.39, 0.29) is 5.91 Å². The Labute approximate surface area is 107 Å². The van der Waals surface area contributed by atoms with Crippen molar-refractivity contribution in [3.8, 4) is 0 Å². The zero-order chi connectivity index (χ0) is 12.6. The fourth-order valence-electron chi connectivity index (χ4n) is 2.24. The van der Waals surface area contributed by atoms with Gasteiger partial charge in [0, 0.05) is 25.4 Å². The van der Waals surface area contributed by atoms with Gasteiger partial charge in [-0.1, -0.05) is 6.42 Å². The van der Waals surface area contributed by atoms with Crippen LogP contribution in [-0.2, 0) is 11.2 Å². The van der Waals surface area contributed by atoms with Gasteiger partial charge in [-0.25, -0.2) is 4.98 Å². The quantitative estimate of drug-likeness (QED) is 0.683. The minimum atomic E-state index is 0.127. The fourth-order valence-corrected chi connectivity index (χ4v) is 2.24. The molecule has 1 aromatic rings. The zero-order valence-corrected chi connectivity index (χ0v) is 10.6. The largest absolute Gasteiger partial charge is 0.356 e. The van der Waals surface area contributed by atoms with Crippen molar-refractivity contribution in [1.29, 1.82) is 0 Å². The van der Waals surface area contributed by atoms with Gasteiger partial charge in [0.2, 0.25) is 5.91 Å². The van der Waals surface area contributed by atoms with E-state index in [1.54, 1.807) is 0 Å². The molecule has 3 N–H and O–H groups in total. The van der Waals surface area contributed by atoms with Crippen LogP contribution in [0.1, 0.15) is 37.9 Å². The summed E-state index contributed by atoms with van der Waals surface area (Å²) in [6, 6.07) is 0.527. The second-order valence-electron chi connectivity index (χ2n) is 4.72. The van der Waals surface area contributed by atoms with Crippen molar-refractivity contribution >= 4 is 5.91 Å². The zero-order valence-electron chi connectivity index (χ0n) is 10.6. The first-order valence-electron chi connectivity index (χ1n) is 6.69. The Kier molecular flexibility index (Phi) is 5.14. The normalized spacial score (nSPS) is 19.7. The van der Waals surface area contributed by atoms with Gasteiger partial charge < -0.3 is 10.6 Å². The number of aromatic nitrogens is 3. The van der Waals surface area contributed by atoms with E-state index in [1.165, 1.54) is 25.6 Å². The van der Waals surface area contributed by atoms with Crippen molar-refractivity contribution in [3.63, 3.8) is 0 Å². The van der Waals surface area contributed by atoms with E-state index in [9.17, 15) is 4.79 Å². The lowest BCUT2D eigenvalue weighted by atomic mass is 10.0. The third kappa shape index (κ3) is 4.44. The van der Waals surface area contributed by atoms with Crippen LogP contribution in [0.5, 0.6) is 0 Å². The first-order valence-corrected chi connectivity index (χ1v) is 6.69. The van der Waals surface area contributed by atoms with Gasteiger partial charge in [0.25, 0.3) is 0 Å². The maximum atomic E-state index is 11.6. The summed E-state index contributed by atoms with van der Waals surface area (Å²) in [5.41, 5.74) is 0. The first kappa shape index (κ1) is 13.0. The van der Waals surface area contributed by atoms with E-state index in [0.29, 0.717) is 25.4 Å². The number of nitrogens with one attached hydrogen (secondary N) is 3. The lowest BCUT2D eigenvalue weighted by Crippen LogP contribution is -2.35. The Hall–Kier alpha value is -1.43. The third-order valence-corrected chi connectivity index (χ3v) is 3.28. The Morgan fingerprint density at radius 3 is 3.17 bits per heavy atom. The van der Waals surface area contributed by atoms with Crippen molar-refractivity contribution in [1.82, 2.24) is 25.8 Å². The Morgan fingerprint density at radius 1 is 1.50 bits per heavy atom. The molecule has 2 rings (SSSR count). The molecule has 100 valence electrons. The first-order chi connectivity index (χ1) is 8.84. The van der Waals surface area contributed by atoms with E-state index in [4.69, 9.17) is 0 Å². The highest BCUT2D eigenvalue weighted by Crippen LogP contribution is 2.11. The molecule has 1 amide bonds. The van der Waals surface area contributed by atoms with Crippen LogP contribution in [0.25, 0.3) is 0 Å². The summed E-state index contributed by atoms with van der Waals surface area (Å²) in [5.74, 6) is 0.936. The molecule has 0 saturated carbocycles. The second kappa shape index (κ2) is 7.10. The van der Waals surface area contributed by atoms with E-state index < -0.39 is 0 Å². The SMILES string of the molecule is O=C(CCC1CCCCN1)NCCc1ncn[nH]1. The van der Waals surface area contributed by atoms with Gasteiger partial charge in [-0.15, -0.1) is 0 Å². The topological polar surface area (TPSA) is 82.7 Å². The number of aromatic amines is 1. The molecule has 2 heterocycles. The van der Waals surface area contributed by atoms with Crippen molar-refractivity contribution in [2.24, 2.45) is 0 Å². The van der Waals surface area contributed by atoms with Crippen LogP contribution in [0.2, 0.25) is 0 Å². The van der Waals surface area contributed by atoms with E-state index >= 15 is 0 Å². The van der Waals surface area contributed by atoms with Crippen LogP contribution in [0, 0.1) is 0 Å². The van der Waals surface area contributed by atoms with Crippen molar-refractivity contribution in [2.75, 3.05) is 13.1 Å². The molecule has 0 aliphatic carbocycles. The summed E-state index contributed by atoms with van der Waals surface area (Å²) in [7, 11) is 0. The molecule has 1 aromatic heterocycles. The van der Waals surface area contributed by atoms with Gasteiger partial charge in [-0.2, -0.15) is 5.10 Å². The van der Waals surface area contributed by atoms with Crippen molar-refractivity contribution in [2.45, 2.75) is 44.6 Å². The Bertz CT molecular complexity index is 345. The molecule has 6 heteroatoms. The summed E-state index contributed by atoms with van der Waals surface area (Å²) >= 11 is 0. The fraction of sp³-hybridized carbons (Fsp3) is 0.750. The van der Waals surface area contributed by atoms with Crippen LogP contribution in [0.15, 0.2) is 6.33 Å². The number of hydrogen-bond acceptors (Lipinski definition) is 4. The monoisotopic (exact) mass is 251 g/mol. The molecule has 1 aliphatic rings. The average Bonchev–Trinajstić information content (AvgIpc) is 2.91. The minimum Gasteiger partial charge on any atom is -0.356 e. The average molecular weight is 251 g/mol. The highest BCUT2D eigenvalue weighted by molar-refractivity contribution is 5.75. The molecule has 0 radical (unpaired) electrons. The van der Waals surface area contributed by atoms with Gasteiger partial charge in [-0.05, 0) is 25.8 Å². The van der Waals surface area contributed by atoms with Crippen LogP contribution in [-0.4, -0.2) is 40.2 Å². The predicted octanol–water partition coefficient (Wildman–Crippen LogP) is 0.386. The second-order valence-corrected chi connectivity index (χ2v) is 4.72. The summed E-state index contributed by atoms with van der Waals surface area (Å²) in [6.45, 7) is 1.71. The van der Waals surface area contributed by atoms with Crippen molar-refractivity contribution < 1.29 is 4.79 Å². The van der Waals surface area contributed by atoms with E-state index in [0.717, 1.165) is 18.8 Å². The maximum Gasteiger partial charge on any atom is 0.220 e. The standard InChI is InChI=1S/C12H21N5O/c18-12(5-4-10-3-1-2-7-13-10)14-8-6-11-15-9-16-17-11/h9-10,13H,1-8H2,(H,14,18)(H,15,16,17). The summed E-state index contributed by atoms with van der Waals surface area (Å²) in [5, 5.41) is 12.9. The van der Waals surface area contributed by atoms with Gasteiger partial charge in [0.1, 0.15) is 12.2 Å². The number of rotatable bonds is 6. The molecule has 1 aliphatic heterocycles. The number of nitrogens with zero attached hydrogens (tertiary/aromatic N) is 2. The molecule has 0 bridgehead atoms. The van der Waals surface area contributed by atoms with Crippen LogP contribution in [0.4, 0.5) is 0 Å². The Morgan fingerprint density at radius 2 is 2.44 bits per heavy atom. The van der Waals surface area contributed by atoms with Gasteiger partial charge in [-0.3, -0.25) is 9.89 Å². The highest BCUT2D eigenvalue weighted by Gasteiger charge is 2.13. The number of carbonyl (C=O) groups is 1. The lowest BCUT2D eigenvalue weighted by molar-refractivity contribution is -0.121. The lowest BCUT2D eigenvalue weighted by Gasteiger charge is -2.22. The number of carbonyl (C=O) groups excluding carboxylic acids is 1. The predicted molar refractivity (Wildman–Crippen MR) is 68.0 cm³/mol. The molecule has 1 unspecified atom stereocenters. The number of piperidine rings is 1. The van der Waals surface area contributed by atoms with Crippen LogP contribution < -0.4 is 10.6 Å². The third-order valence-electron chi connectivity index (χ3n) is 3.28. The van der Waals surface area contributed by atoms with Gasteiger partial charge >= 0.3 is 0 Å². The smallest absolute Gasteiger partial charge is 0.220 e. The highest BCUT2D eigenvalue weighted by atomic mass is 16.1. The summed E-state index contributed by atoms with van der Waals surface area (Å²) in [6.07, 6.45) is 7.47. The molecule has 1 fully saturated rings. The molecule has 6 nitrogen and oxygen atoms in total. The minimum absolute atomic E-state index is 0.127. The summed E-state index contributed by atoms with van der Waals surface area (Å²) in [4.78, 5) is 15.6. The van der Waals surface area contributed by atoms with Crippen LogP contribution in [0.3, 0.4) is 0 Å². The molecule has 1 saturated heterocycles. The molecule has 0 aromatic carbocycles. The molecule has 1 atom stereocenters. The Balaban J connectivity index is 1.54. The maximum absolute atomic E-state index is 11.6. The van der Waals surface area contributed by atoms with E-state index in [1.807, 2.05) is 0 Å².